The van der Waals surface area contributed by atoms with Crippen LogP contribution in [0.2, 0.25) is 0 Å². The van der Waals surface area contributed by atoms with Crippen molar-refractivity contribution in [3.05, 3.63) is 24.4 Å². The maximum Gasteiger partial charge on any atom is 0.0472 e. The van der Waals surface area contributed by atoms with E-state index in [4.69, 9.17) is 0 Å². The summed E-state index contributed by atoms with van der Waals surface area (Å²) in [5.74, 6) is 0. The van der Waals surface area contributed by atoms with Gasteiger partial charge in [-0.3, -0.25) is 5.43 Å². The molecule has 0 aromatic rings. The van der Waals surface area contributed by atoms with Crippen LogP contribution in [0.4, 0.5) is 0 Å². The molecule has 0 saturated carbocycles. The fourth-order valence-corrected chi connectivity index (χ4v) is 0.342. The SMILES string of the molecule is C1=CC=NNC=C1.Cl.Cl. The fourth-order valence-electron chi connectivity index (χ4n) is 0.342. The highest BCUT2D eigenvalue weighted by molar-refractivity contribution is 5.85. The smallest absolute Gasteiger partial charge is 0.0472 e. The lowest BCUT2D eigenvalue weighted by Crippen LogP contribution is -1.89. The van der Waals surface area contributed by atoms with Crippen molar-refractivity contribution in [1.29, 1.82) is 0 Å². The summed E-state index contributed by atoms with van der Waals surface area (Å²) in [5.41, 5.74) is 2.67. The number of allylic oxidation sites excluding steroid dienone is 3. The molecule has 0 radical (unpaired) electrons. The van der Waals surface area contributed by atoms with Gasteiger partial charge in [-0.2, -0.15) is 5.10 Å². The molecule has 1 aliphatic rings. The molecule has 0 aliphatic carbocycles. The topological polar surface area (TPSA) is 24.4 Å². The molecule has 52 valence electrons. The molecule has 0 fully saturated rings. The van der Waals surface area contributed by atoms with Gasteiger partial charge >= 0.3 is 0 Å². The van der Waals surface area contributed by atoms with Crippen molar-refractivity contribution in [3.8, 4) is 0 Å². The molecule has 1 N–H and O–H groups in total. The number of nitrogens with zero attached hydrogens (tertiary/aromatic N) is 1. The molecular formula is C5H8Cl2N2. The Morgan fingerprint density at radius 2 is 1.78 bits per heavy atom. The number of nitrogens with one attached hydrogen (secondary N) is 1. The van der Waals surface area contributed by atoms with Crippen molar-refractivity contribution >= 4 is 31.0 Å². The first kappa shape index (κ1) is 11.3. The van der Waals surface area contributed by atoms with Gasteiger partial charge in [-0.15, -0.1) is 24.8 Å². The molecule has 0 amide bonds. The van der Waals surface area contributed by atoms with Crippen molar-refractivity contribution in [2.24, 2.45) is 5.10 Å². The van der Waals surface area contributed by atoms with Crippen LogP contribution < -0.4 is 5.43 Å². The van der Waals surface area contributed by atoms with Crippen molar-refractivity contribution in [1.82, 2.24) is 5.43 Å². The normalized spacial score (nSPS) is 12.4. The van der Waals surface area contributed by atoms with E-state index in [-0.39, 0.29) is 24.8 Å². The molecule has 1 aliphatic heterocycles. The second kappa shape index (κ2) is 7.53. The second-order valence-electron chi connectivity index (χ2n) is 1.15. The summed E-state index contributed by atoms with van der Waals surface area (Å²) in [6, 6.07) is 0. The predicted molar refractivity (Wildman–Crippen MR) is 44.4 cm³/mol. The van der Waals surface area contributed by atoms with Crippen LogP contribution in [-0.4, -0.2) is 6.21 Å². The Kier molecular flexibility index (Phi) is 9.49. The zero-order valence-corrected chi connectivity index (χ0v) is 6.28. The lowest BCUT2D eigenvalue weighted by atomic mass is 10.5. The minimum absolute atomic E-state index is 0. The summed E-state index contributed by atoms with van der Waals surface area (Å²) in [6.07, 6.45) is 9.10. The van der Waals surface area contributed by atoms with Crippen LogP contribution in [0.15, 0.2) is 29.5 Å². The van der Waals surface area contributed by atoms with Crippen molar-refractivity contribution < 1.29 is 0 Å². The zero-order chi connectivity index (χ0) is 4.95. The monoisotopic (exact) mass is 166 g/mol. The van der Waals surface area contributed by atoms with Crippen molar-refractivity contribution in [2.45, 2.75) is 0 Å². The minimum Gasteiger partial charge on any atom is -0.286 e. The van der Waals surface area contributed by atoms with Gasteiger partial charge in [0.15, 0.2) is 0 Å². The second-order valence-corrected chi connectivity index (χ2v) is 1.15. The van der Waals surface area contributed by atoms with E-state index in [2.05, 4.69) is 10.5 Å². The molecule has 0 bridgehead atoms. The Balaban J connectivity index is 0. The van der Waals surface area contributed by atoms with Gasteiger partial charge in [0.2, 0.25) is 0 Å². The summed E-state index contributed by atoms with van der Waals surface area (Å²) in [6.45, 7) is 0. The van der Waals surface area contributed by atoms with E-state index in [0.29, 0.717) is 0 Å². The third-order valence-electron chi connectivity index (χ3n) is 0.628. The van der Waals surface area contributed by atoms with Gasteiger partial charge in [-0.25, -0.2) is 0 Å². The van der Waals surface area contributed by atoms with Crippen LogP contribution in [-0.2, 0) is 0 Å². The van der Waals surface area contributed by atoms with Gasteiger partial charge in [0.25, 0.3) is 0 Å². The fraction of sp³-hybridized carbons (Fsp3) is 0. The standard InChI is InChI=1S/C5H6N2.2ClH/c1-2-4-6-7-5-3-1;;/h1-6H;2*1H. The molecule has 0 aromatic heterocycles. The molecule has 0 spiro atoms. The van der Waals surface area contributed by atoms with Crippen LogP contribution in [0.5, 0.6) is 0 Å². The molecule has 9 heavy (non-hydrogen) atoms. The van der Waals surface area contributed by atoms with Crippen LogP contribution in [0.3, 0.4) is 0 Å². The van der Waals surface area contributed by atoms with Crippen LogP contribution in [0.25, 0.3) is 0 Å². The Labute approximate surface area is 66.5 Å². The van der Waals surface area contributed by atoms with Gasteiger partial charge in [0.1, 0.15) is 0 Å². The first-order valence-corrected chi connectivity index (χ1v) is 2.10. The Morgan fingerprint density at radius 3 is 2.56 bits per heavy atom. The third kappa shape index (κ3) is 5.40. The van der Waals surface area contributed by atoms with E-state index in [9.17, 15) is 0 Å². The Bertz CT molecular complexity index is 115. The largest absolute Gasteiger partial charge is 0.286 e. The molecule has 0 aromatic carbocycles. The molecular weight excluding hydrogens is 159 g/mol. The molecule has 0 unspecified atom stereocenters. The average molecular weight is 167 g/mol. The molecule has 0 saturated heterocycles. The van der Waals surface area contributed by atoms with Crippen LogP contribution in [0, 0.1) is 0 Å². The Morgan fingerprint density at radius 1 is 1.00 bits per heavy atom. The third-order valence-corrected chi connectivity index (χ3v) is 0.628. The number of hydrazone groups is 1. The summed E-state index contributed by atoms with van der Waals surface area (Å²) in [5, 5.41) is 3.72. The van der Waals surface area contributed by atoms with Gasteiger partial charge in [0.05, 0.1) is 0 Å². The Hall–Kier alpha value is -0.470. The van der Waals surface area contributed by atoms with Gasteiger partial charge in [-0.1, -0.05) is 6.08 Å². The van der Waals surface area contributed by atoms with Gasteiger partial charge in [0, 0.05) is 12.4 Å². The number of hydrogen-bond donors (Lipinski definition) is 1. The molecule has 0 atom stereocenters. The van der Waals surface area contributed by atoms with Gasteiger partial charge < -0.3 is 0 Å². The maximum absolute atomic E-state index is 3.72. The van der Waals surface area contributed by atoms with Crippen molar-refractivity contribution in [2.75, 3.05) is 0 Å². The highest BCUT2D eigenvalue weighted by Crippen LogP contribution is 1.76. The highest BCUT2D eigenvalue weighted by atomic mass is 35.5. The average Bonchev–Trinajstić information content (AvgIpc) is 1.90. The lowest BCUT2D eigenvalue weighted by molar-refractivity contribution is 0.980. The van der Waals surface area contributed by atoms with Crippen LogP contribution in [0.1, 0.15) is 0 Å². The zero-order valence-electron chi connectivity index (χ0n) is 4.65. The van der Waals surface area contributed by atoms with E-state index in [1.807, 2.05) is 18.2 Å². The summed E-state index contributed by atoms with van der Waals surface area (Å²) >= 11 is 0. The van der Waals surface area contributed by atoms with E-state index in [1.165, 1.54) is 0 Å². The molecule has 1 rings (SSSR count). The quantitative estimate of drug-likeness (QED) is 0.580. The van der Waals surface area contributed by atoms with Crippen LogP contribution >= 0.6 is 24.8 Å². The summed E-state index contributed by atoms with van der Waals surface area (Å²) in [4.78, 5) is 0. The number of hydrogen-bond acceptors (Lipinski definition) is 2. The molecule has 4 heteroatoms. The minimum atomic E-state index is 0. The maximum atomic E-state index is 3.72. The van der Waals surface area contributed by atoms with Crippen molar-refractivity contribution in [3.63, 3.8) is 0 Å². The predicted octanol–water partition coefficient (Wildman–Crippen LogP) is 1.49. The summed E-state index contributed by atoms with van der Waals surface area (Å²) in [7, 11) is 0. The first-order valence-electron chi connectivity index (χ1n) is 2.10. The van der Waals surface area contributed by atoms with Gasteiger partial charge in [-0.05, 0) is 12.2 Å². The highest BCUT2D eigenvalue weighted by Gasteiger charge is 1.68. The molecule has 1 heterocycles. The van der Waals surface area contributed by atoms with E-state index >= 15 is 0 Å². The lowest BCUT2D eigenvalue weighted by Gasteiger charge is -1.78. The number of rotatable bonds is 0. The summed E-state index contributed by atoms with van der Waals surface area (Å²) < 4.78 is 0. The van der Waals surface area contributed by atoms with E-state index in [1.54, 1.807) is 12.4 Å². The molecule has 2 nitrogen and oxygen atoms in total. The number of halogens is 2. The first-order chi connectivity index (χ1) is 3.50. The van der Waals surface area contributed by atoms with E-state index < -0.39 is 0 Å². The van der Waals surface area contributed by atoms with E-state index in [0.717, 1.165) is 0 Å².